The molecule has 1 aromatic rings. The molecule has 1 aromatic carbocycles. The lowest BCUT2D eigenvalue weighted by Crippen LogP contribution is -2.27. The molecule has 134 valence electrons. The van der Waals surface area contributed by atoms with Crippen LogP contribution in [0.25, 0.3) is 0 Å². The maximum atomic E-state index is 10.6. The molecule has 1 rings (SSSR count). The van der Waals surface area contributed by atoms with E-state index < -0.39 is 17.4 Å². The molecule has 0 aliphatic carbocycles. The van der Waals surface area contributed by atoms with Gasteiger partial charge in [-0.1, -0.05) is 26.0 Å². The van der Waals surface area contributed by atoms with E-state index in [-0.39, 0.29) is 11.3 Å². The molecular weight excluding hydrogens is 338 g/mol. The Kier molecular flexibility index (Phi) is 11.2. The normalized spacial score (nSPS) is 9.71. The van der Waals surface area contributed by atoms with Gasteiger partial charge in [0.05, 0.1) is 0 Å². The van der Waals surface area contributed by atoms with Gasteiger partial charge in [0, 0.05) is 25.1 Å². The van der Waals surface area contributed by atoms with Crippen LogP contribution in [0.2, 0.25) is 0 Å². The number of hydrogen-bond acceptors (Lipinski definition) is 6. The van der Waals surface area contributed by atoms with Gasteiger partial charge in [0.25, 0.3) is 0 Å². The third-order valence-electron chi connectivity index (χ3n) is 2.89. The molecule has 8 heteroatoms. The first-order valence-electron chi connectivity index (χ1n) is 7.37. The van der Waals surface area contributed by atoms with Crippen molar-refractivity contribution in [2.24, 2.45) is 0 Å². The van der Waals surface area contributed by atoms with Crippen LogP contribution in [0.4, 0.5) is 4.79 Å². The monoisotopic (exact) mass is 359 g/mol. The van der Waals surface area contributed by atoms with Gasteiger partial charge in [0.15, 0.2) is 0 Å². The number of carbonyl (C=O) groups is 3. The van der Waals surface area contributed by atoms with Crippen molar-refractivity contribution in [3.05, 3.63) is 29.8 Å². The second-order valence-electron chi connectivity index (χ2n) is 4.51. The third kappa shape index (κ3) is 9.81. The Morgan fingerprint density at radius 2 is 1.75 bits per heavy atom. The van der Waals surface area contributed by atoms with Crippen LogP contribution in [0.15, 0.2) is 24.3 Å². The molecule has 24 heavy (non-hydrogen) atoms. The van der Waals surface area contributed by atoms with E-state index in [1.54, 1.807) is 12.1 Å². The molecule has 0 fully saturated rings. The van der Waals surface area contributed by atoms with E-state index in [9.17, 15) is 14.4 Å². The number of para-hydroxylation sites is 1. The van der Waals surface area contributed by atoms with E-state index in [0.717, 1.165) is 19.6 Å². The van der Waals surface area contributed by atoms with E-state index in [0.29, 0.717) is 6.61 Å². The molecule has 0 aliphatic heterocycles. The minimum atomic E-state index is -1.11. The van der Waals surface area contributed by atoms with E-state index >= 15 is 0 Å². The summed E-state index contributed by atoms with van der Waals surface area (Å²) in [4.78, 5) is 33.5. The van der Waals surface area contributed by atoms with Crippen LogP contribution < -0.4 is 4.74 Å². The first kappa shape index (κ1) is 21.9. The Balaban J connectivity index is 0.000000449. The number of nitrogens with zero attached hydrogens (tertiary/aromatic N) is 1. The van der Waals surface area contributed by atoms with Crippen molar-refractivity contribution in [3.8, 4) is 5.75 Å². The Morgan fingerprint density at radius 3 is 2.21 bits per heavy atom. The maximum Gasteiger partial charge on any atom is 0.403 e. The highest BCUT2D eigenvalue weighted by Gasteiger charge is 2.11. The molecule has 0 radical (unpaired) electrons. The van der Waals surface area contributed by atoms with Crippen molar-refractivity contribution >= 4 is 29.0 Å². The molecular formula is C16H22ClNO6. The highest BCUT2D eigenvalue weighted by atomic mass is 35.5. The minimum absolute atomic E-state index is 0.0160. The van der Waals surface area contributed by atoms with Crippen LogP contribution in [0.3, 0.4) is 0 Å². The third-order valence-corrected chi connectivity index (χ3v) is 3.00. The SMILES string of the molecule is CC(=O)Oc1ccccc1C(=O)O.CCN(CC)CCOC(=O)Cl. The summed E-state index contributed by atoms with van der Waals surface area (Å²) in [5.41, 5.74) is -0.741. The number of carboxylic acid groups (broad SMARTS) is 1. The van der Waals surface area contributed by atoms with Gasteiger partial charge in [-0.15, -0.1) is 0 Å². The van der Waals surface area contributed by atoms with E-state index in [4.69, 9.17) is 16.7 Å². The number of hydrogen-bond donors (Lipinski definition) is 1. The zero-order valence-electron chi connectivity index (χ0n) is 14.0. The number of halogens is 1. The van der Waals surface area contributed by atoms with Crippen LogP contribution in [0, 0.1) is 0 Å². The standard InChI is InChI=1S/C9H8O4.C7H14ClNO2/c1-6(10)13-8-5-3-2-4-7(8)9(11)12;1-3-9(4-2)5-6-11-7(8)10/h2-5H,1H3,(H,11,12);3-6H2,1-2H3. The highest BCUT2D eigenvalue weighted by Crippen LogP contribution is 2.17. The first-order valence-corrected chi connectivity index (χ1v) is 7.74. The first-order chi connectivity index (χ1) is 11.3. The quantitative estimate of drug-likeness (QED) is 0.454. The Labute approximate surface area is 146 Å². The summed E-state index contributed by atoms with van der Waals surface area (Å²) in [5.74, 6) is -1.58. The molecule has 0 heterocycles. The fourth-order valence-electron chi connectivity index (χ4n) is 1.68. The summed E-state index contributed by atoms with van der Waals surface area (Å²) in [5, 5.41) is 8.69. The van der Waals surface area contributed by atoms with Crippen molar-refractivity contribution in [2.75, 3.05) is 26.2 Å². The zero-order chi connectivity index (χ0) is 18.5. The minimum Gasteiger partial charge on any atom is -0.478 e. The molecule has 0 unspecified atom stereocenters. The predicted molar refractivity (Wildman–Crippen MR) is 89.7 cm³/mol. The number of ether oxygens (including phenoxy) is 2. The van der Waals surface area contributed by atoms with Gasteiger partial charge in [-0.3, -0.25) is 4.79 Å². The molecule has 0 bridgehead atoms. The van der Waals surface area contributed by atoms with E-state index in [1.165, 1.54) is 19.1 Å². The molecule has 0 atom stereocenters. The largest absolute Gasteiger partial charge is 0.478 e. The van der Waals surface area contributed by atoms with E-state index in [1.807, 2.05) is 0 Å². The van der Waals surface area contributed by atoms with Crippen LogP contribution >= 0.6 is 11.6 Å². The van der Waals surface area contributed by atoms with Crippen molar-refractivity contribution in [3.63, 3.8) is 0 Å². The number of carbonyl (C=O) groups excluding carboxylic acids is 2. The van der Waals surface area contributed by atoms with E-state index in [2.05, 4.69) is 28.2 Å². The summed E-state index contributed by atoms with van der Waals surface area (Å²) >= 11 is 4.97. The fourth-order valence-corrected chi connectivity index (χ4v) is 1.76. The van der Waals surface area contributed by atoms with Gasteiger partial charge in [0.1, 0.15) is 17.9 Å². The van der Waals surface area contributed by atoms with Crippen LogP contribution in [0.5, 0.6) is 5.75 Å². The summed E-state index contributed by atoms with van der Waals surface area (Å²) < 4.78 is 9.25. The maximum absolute atomic E-state index is 10.6. The lowest BCUT2D eigenvalue weighted by atomic mass is 10.2. The van der Waals surface area contributed by atoms with Gasteiger partial charge in [-0.25, -0.2) is 9.59 Å². The average Bonchev–Trinajstić information content (AvgIpc) is 2.51. The van der Waals surface area contributed by atoms with Gasteiger partial charge in [-0.05, 0) is 25.2 Å². The predicted octanol–water partition coefficient (Wildman–Crippen LogP) is 3.01. The second kappa shape index (κ2) is 12.3. The number of esters is 1. The van der Waals surface area contributed by atoms with Crippen molar-refractivity contribution in [1.82, 2.24) is 4.90 Å². The number of likely N-dealkylation sites (N-methyl/N-ethyl adjacent to an activating group) is 1. The van der Waals surface area contributed by atoms with Gasteiger partial charge < -0.3 is 19.5 Å². The molecule has 0 saturated heterocycles. The average molecular weight is 360 g/mol. The summed E-state index contributed by atoms with van der Waals surface area (Å²) in [6, 6.07) is 5.98. The number of aromatic carboxylic acids is 1. The topological polar surface area (TPSA) is 93.1 Å². The van der Waals surface area contributed by atoms with Gasteiger partial charge >= 0.3 is 17.4 Å². The zero-order valence-corrected chi connectivity index (χ0v) is 14.7. The summed E-state index contributed by atoms with van der Waals surface area (Å²) in [6.45, 7) is 8.42. The highest BCUT2D eigenvalue weighted by molar-refractivity contribution is 6.61. The molecule has 0 spiro atoms. The van der Waals surface area contributed by atoms with Gasteiger partial charge in [-0.2, -0.15) is 0 Å². The molecule has 7 nitrogen and oxygen atoms in total. The molecule has 0 amide bonds. The fraction of sp³-hybridized carbons (Fsp3) is 0.438. The lowest BCUT2D eigenvalue weighted by Gasteiger charge is -2.16. The Morgan fingerprint density at radius 1 is 1.17 bits per heavy atom. The van der Waals surface area contributed by atoms with Crippen LogP contribution in [-0.4, -0.2) is 53.6 Å². The number of rotatable bonds is 7. The van der Waals surface area contributed by atoms with Gasteiger partial charge in [0.2, 0.25) is 0 Å². The van der Waals surface area contributed by atoms with Crippen molar-refractivity contribution in [2.45, 2.75) is 20.8 Å². The molecule has 0 aliphatic rings. The number of benzene rings is 1. The van der Waals surface area contributed by atoms with Crippen molar-refractivity contribution in [1.29, 1.82) is 0 Å². The molecule has 1 N–H and O–H groups in total. The molecule has 0 aromatic heterocycles. The summed E-state index contributed by atoms with van der Waals surface area (Å²) in [7, 11) is 0. The van der Waals surface area contributed by atoms with Crippen LogP contribution in [-0.2, 0) is 9.53 Å². The van der Waals surface area contributed by atoms with Crippen molar-refractivity contribution < 1.29 is 29.0 Å². The second-order valence-corrected chi connectivity index (χ2v) is 4.82. The number of carboxylic acids is 1. The Bertz CT molecular complexity index is 545. The summed E-state index contributed by atoms with van der Waals surface area (Å²) in [6.07, 6.45) is 0. The molecule has 0 saturated carbocycles. The smallest absolute Gasteiger partial charge is 0.403 e. The Hall–Kier alpha value is -2.12. The lowest BCUT2D eigenvalue weighted by molar-refractivity contribution is -0.131. The van der Waals surface area contributed by atoms with Crippen LogP contribution in [0.1, 0.15) is 31.1 Å².